The van der Waals surface area contributed by atoms with E-state index in [9.17, 15) is 0 Å². The first kappa shape index (κ1) is 14.2. The zero-order valence-corrected chi connectivity index (χ0v) is 11.9. The number of hydrogen-bond acceptors (Lipinski definition) is 4. The van der Waals surface area contributed by atoms with Gasteiger partial charge >= 0.3 is 0 Å². The lowest BCUT2D eigenvalue weighted by atomic mass is 10.2. The number of nitrogens with zero attached hydrogens (tertiary/aromatic N) is 1. The first-order chi connectivity index (χ1) is 9.31. The Morgan fingerprint density at radius 3 is 3.00 bits per heavy atom. The first-order valence-electron chi connectivity index (χ1n) is 6.97. The van der Waals surface area contributed by atoms with E-state index in [1.54, 1.807) is 7.11 Å². The molecule has 1 aromatic rings. The number of ether oxygens (including phenoxy) is 2. The van der Waals surface area contributed by atoms with Crippen LogP contribution in [0.25, 0.3) is 0 Å². The molecule has 0 saturated carbocycles. The van der Waals surface area contributed by atoms with Gasteiger partial charge in [0.1, 0.15) is 5.75 Å². The van der Waals surface area contributed by atoms with Crippen molar-refractivity contribution in [2.75, 3.05) is 45.3 Å². The van der Waals surface area contributed by atoms with E-state index in [0.717, 1.165) is 37.7 Å². The largest absolute Gasteiger partial charge is 0.495 e. The fourth-order valence-corrected chi connectivity index (χ4v) is 2.38. The van der Waals surface area contributed by atoms with Crippen LogP contribution in [0.3, 0.4) is 0 Å². The fraction of sp³-hybridized carbons (Fsp3) is 0.600. The van der Waals surface area contributed by atoms with Crippen LogP contribution in [-0.4, -0.2) is 46.5 Å². The van der Waals surface area contributed by atoms with Gasteiger partial charge in [-0.25, -0.2) is 0 Å². The molecule has 0 amide bonds. The molecule has 19 heavy (non-hydrogen) atoms. The van der Waals surface area contributed by atoms with Gasteiger partial charge in [0.05, 0.1) is 18.9 Å². The van der Waals surface area contributed by atoms with Crippen LogP contribution in [0.5, 0.6) is 5.75 Å². The predicted octanol–water partition coefficient (Wildman–Crippen LogP) is 1.90. The standard InChI is InChI=1S/C15H24N2O2/c1-17(14-7-3-4-8-15(14)18-2)10-9-16-12-13-6-5-11-19-13/h3-4,7-8,13,16H,5-6,9-12H2,1-2H3. The van der Waals surface area contributed by atoms with Crippen molar-refractivity contribution in [1.82, 2.24) is 5.32 Å². The monoisotopic (exact) mass is 264 g/mol. The van der Waals surface area contributed by atoms with E-state index in [2.05, 4.69) is 23.3 Å². The SMILES string of the molecule is COc1ccccc1N(C)CCNCC1CCCO1. The molecule has 1 fully saturated rings. The molecule has 0 aromatic heterocycles. The van der Waals surface area contributed by atoms with Gasteiger partial charge in [-0.2, -0.15) is 0 Å². The Kier molecular flexibility index (Phi) is 5.48. The van der Waals surface area contributed by atoms with Crippen molar-refractivity contribution in [2.24, 2.45) is 0 Å². The maximum atomic E-state index is 5.59. The number of anilines is 1. The molecule has 1 atom stereocenters. The highest BCUT2D eigenvalue weighted by atomic mass is 16.5. The first-order valence-corrected chi connectivity index (χ1v) is 6.97. The number of likely N-dealkylation sites (N-methyl/N-ethyl adjacent to an activating group) is 1. The highest BCUT2D eigenvalue weighted by molar-refractivity contribution is 5.57. The van der Waals surface area contributed by atoms with Crippen LogP contribution < -0.4 is 15.0 Å². The maximum Gasteiger partial charge on any atom is 0.142 e. The van der Waals surface area contributed by atoms with Gasteiger partial charge in [-0.1, -0.05) is 12.1 Å². The average Bonchev–Trinajstić information content (AvgIpc) is 2.96. The molecule has 0 radical (unpaired) electrons. The van der Waals surface area contributed by atoms with Crippen LogP contribution in [0, 0.1) is 0 Å². The summed E-state index contributed by atoms with van der Waals surface area (Å²) in [4.78, 5) is 2.21. The highest BCUT2D eigenvalue weighted by Gasteiger charge is 2.14. The van der Waals surface area contributed by atoms with Gasteiger partial charge in [-0.05, 0) is 25.0 Å². The summed E-state index contributed by atoms with van der Waals surface area (Å²) in [5.74, 6) is 0.920. The summed E-state index contributed by atoms with van der Waals surface area (Å²) in [6, 6.07) is 8.10. The molecule has 2 rings (SSSR count). The highest BCUT2D eigenvalue weighted by Crippen LogP contribution is 2.25. The summed E-state index contributed by atoms with van der Waals surface area (Å²) in [5.41, 5.74) is 1.13. The van der Waals surface area contributed by atoms with Crippen molar-refractivity contribution in [3.8, 4) is 5.75 Å². The number of rotatable bonds is 7. The summed E-state index contributed by atoms with van der Waals surface area (Å²) < 4.78 is 11.0. The van der Waals surface area contributed by atoms with Crippen LogP contribution >= 0.6 is 0 Å². The molecule has 1 aliphatic rings. The molecule has 0 spiro atoms. The Morgan fingerprint density at radius 2 is 2.26 bits per heavy atom. The van der Waals surface area contributed by atoms with Crippen molar-refractivity contribution >= 4 is 5.69 Å². The van der Waals surface area contributed by atoms with Gasteiger partial charge in [0.2, 0.25) is 0 Å². The minimum atomic E-state index is 0.413. The summed E-state index contributed by atoms with van der Waals surface area (Å²) in [5, 5.41) is 3.46. The van der Waals surface area contributed by atoms with Gasteiger partial charge in [0.15, 0.2) is 0 Å². The summed E-state index contributed by atoms with van der Waals surface area (Å²) in [7, 11) is 3.80. The minimum Gasteiger partial charge on any atom is -0.495 e. The summed E-state index contributed by atoms with van der Waals surface area (Å²) in [6.45, 7) is 3.79. The fourth-order valence-electron chi connectivity index (χ4n) is 2.38. The van der Waals surface area contributed by atoms with Gasteiger partial charge in [0.25, 0.3) is 0 Å². The Morgan fingerprint density at radius 1 is 1.42 bits per heavy atom. The smallest absolute Gasteiger partial charge is 0.142 e. The average molecular weight is 264 g/mol. The van der Waals surface area contributed by atoms with Crippen LogP contribution in [0.4, 0.5) is 5.69 Å². The third kappa shape index (κ3) is 4.11. The molecular weight excluding hydrogens is 240 g/mol. The van der Waals surface area contributed by atoms with E-state index >= 15 is 0 Å². The summed E-state index contributed by atoms with van der Waals surface area (Å²) in [6.07, 6.45) is 2.81. The van der Waals surface area contributed by atoms with Gasteiger partial charge < -0.3 is 19.7 Å². The van der Waals surface area contributed by atoms with Crippen molar-refractivity contribution in [2.45, 2.75) is 18.9 Å². The van der Waals surface area contributed by atoms with Crippen molar-refractivity contribution < 1.29 is 9.47 Å². The predicted molar refractivity (Wildman–Crippen MR) is 78.1 cm³/mol. The second-order valence-electron chi connectivity index (χ2n) is 4.93. The lowest BCUT2D eigenvalue weighted by Crippen LogP contribution is -2.33. The van der Waals surface area contributed by atoms with Crippen LogP contribution in [0.1, 0.15) is 12.8 Å². The third-order valence-corrected chi connectivity index (χ3v) is 3.52. The van der Waals surface area contributed by atoms with E-state index in [-0.39, 0.29) is 0 Å². The third-order valence-electron chi connectivity index (χ3n) is 3.52. The molecule has 1 unspecified atom stereocenters. The van der Waals surface area contributed by atoms with E-state index < -0.39 is 0 Å². The Hall–Kier alpha value is -1.26. The molecule has 1 aliphatic heterocycles. The topological polar surface area (TPSA) is 33.7 Å². The van der Waals surface area contributed by atoms with E-state index in [4.69, 9.17) is 9.47 Å². The maximum absolute atomic E-state index is 5.59. The van der Waals surface area contributed by atoms with Gasteiger partial charge in [-0.15, -0.1) is 0 Å². The second kappa shape index (κ2) is 7.36. The molecule has 1 aromatic carbocycles. The van der Waals surface area contributed by atoms with Crippen molar-refractivity contribution in [1.29, 1.82) is 0 Å². The molecule has 1 saturated heterocycles. The Labute approximate surface area is 115 Å². The molecule has 0 aliphatic carbocycles. The van der Waals surface area contributed by atoms with E-state index in [0.29, 0.717) is 6.10 Å². The lowest BCUT2D eigenvalue weighted by molar-refractivity contribution is 0.110. The van der Waals surface area contributed by atoms with E-state index in [1.165, 1.54) is 12.8 Å². The van der Waals surface area contributed by atoms with Crippen molar-refractivity contribution in [3.05, 3.63) is 24.3 Å². The Bertz CT molecular complexity index is 378. The number of hydrogen-bond donors (Lipinski definition) is 1. The Balaban J connectivity index is 1.72. The van der Waals surface area contributed by atoms with Crippen LogP contribution in [-0.2, 0) is 4.74 Å². The minimum absolute atomic E-state index is 0.413. The molecule has 4 heteroatoms. The second-order valence-corrected chi connectivity index (χ2v) is 4.93. The molecular formula is C15H24N2O2. The lowest BCUT2D eigenvalue weighted by Gasteiger charge is -2.22. The molecule has 1 N–H and O–H groups in total. The summed E-state index contributed by atoms with van der Waals surface area (Å²) >= 11 is 0. The van der Waals surface area contributed by atoms with E-state index in [1.807, 2.05) is 18.2 Å². The number of benzene rings is 1. The molecule has 106 valence electrons. The normalized spacial score (nSPS) is 18.5. The van der Waals surface area contributed by atoms with Gasteiger partial charge in [0, 0.05) is 33.3 Å². The number of para-hydroxylation sites is 2. The molecule has 1 heterocycles. The molecule has 4 nitrogen and oxygen atoms in total. The zero-order chi connectivity index (χ0) is 13.5. The van der Waals surface area contributed by atoms with Gasteiger partial charge in [-0.3, -0.25) is 0 Å². The zero-order valence-electron chi connectivity index (χ0n) is 11.9. The van der Waals surface area contributed by atoms with Crippen LogP contribution in [0.15, 0.2) is 24.3 Å². The van der Waals surface area contributed by atoms with Crippen molar-refractivity contribution in [3.63, 3.8) is 0 Å². The quantitative estimate of drug-likeness (QED) is 0.763. The number of methoxy groups -OCH3 is 1. The number of nitrogens with one attached hydrogen (secondary N) is 1. The molecule has 0 bridgehead atoms. The van der Waals surface area contributed by atoms with Crippen LogP contribution in [0.2, 0.25) is 0 Å².